The molecule has 2 rings (SSSR count). The Morgan fingerprint density at radius 3 is 2.55 bits per heavy atom. The van der Waals surface area contributed by atoms with Gasteiger partial charge >= 0.3 is 11.9 Å². The number of ether oxygens (including phenoxy) is 2. The van der Waals surface area contributed by atoms with E-state index in [0.717, 1.165) is 0 Å². The molecule has 1 heterocycles. The summed E-state index contributed by atoms with van der Waals surface area (Å²) in [5, 5.41) is 0.388. The number of fused-ring (bicyclic) bond motifs is 1. The number of esters is 2. The second-order valence-electron chi connectivity index (χ2n) is 4.81. The molecule has 0 aliphatic carbocycles. The van der Waals surface area contributed by atoms with Crippen LogP contribution in [-0.4, -0.2) is 18.5 Å². The average Bonchev–Trinajstić information content (AvgIpc) is 2.41. The first kappa shape index (κ1) is 15.8. The SMILES string of the molecule is CC(=O)OCCc1c(C)oc2cc(OC(C)=O)ccc2c1=O. The maximum absolute atomic E-state index is 12.5. The predicted octanol–water partition coefficient (Wildman–Crippen LogP) is 2.13. The Labute approximate surface area is 126 Å². The van der Waals surface area contributed by atoms with Gasteiger partial charge in [0.1, 0.15) is 17.1 Å². The van der Waals surface area contributed by atoms with Gasteiger partial charge in [-0.25, -0.2) is 0 Å². The van der Waals surface area contributed by atoms with Crippen LogP contribution in [0.15, 0.2) is 27.4 Å². The molecule has 6 nitrogen and oxygen atoms in total. The average molecular weight is 304 g/mol. The molecule has 0 aliphatic rings. The summed E-state index contributed by atoms with van der Waals surface area (Å²) in [6, 6.07) is 4.58. The summed E-state index contributed by atoms with van der Waals surface area (Å²) in [7, 11) is 0. The molecule has 0 saturated heterocycles. The second-order valence-corrected chi connectivity index (χ2v) is 4.81. The molecule has 0 amide bonds. The summed E-state index contributed by atoms with van der Waals surface area (Å²) in [4.78, 5) is 34.2. The third-order valence-corrected chi connectivity index (χ3v) is 3.08. The lowest BCUT2D eigenvalue weighted by molar-refractivity contribution is -0.140. The van der Waals surface area contributed by atoms with E-state index >= 15 is 0 Å². The molecule has 1 aromatic carbocycles. The molecular weight excluding hydrogens is 288 g/mol. The van der Waals surface area contributed by atoms with Crippen molar-refractivity contribution >= 4 is 22.9 Å². The molecule has 0 atom stereocenters. The van der Waals surface area contributed by atoms with Gasteiger partial charge in [-0.1, -0.05) is 0 Å². The number of rotatable bonds is 4. The fourth-order valence-corrected chi connectivity index (χ4v) is 2.14. The summed E-state index contributed by atoms with van der Waals surface area (Å²) in [6.45, 7) is 4.40. The zero-order chi connectivity index (χ0) is 16.3. The van der Waals surface area contributed by atoms with E-state index in [0.29, 0.717) is 28.0 Å². The number of hydrogen-bond donors (Lipinski definition) is 0. The van der Waals surface area contributed by atoms with Gasteiger partial charge in [0.15, 0.2) is 5.43 Å². The maximum Gasteiger partial charge on any atom is 0.308 e. The Bertz CT molecular complexity index is 787. The monoisotopic (exact) mass is 304 g/mol. The smallest absolute Gasteiger partial charge is 0.308 e. The number of aryl methyl sites for hydroxylation is 1. The van der Waals surface area contributed by atoms with Crippen molar-refractivity contribution in [1.82, 2.24) is 0 Å². The molecule has 0 aliphatic heterocycles. The van der Waals surface area contributed by atoms with Crippen LogP contribution in [0.3, 0.4) is 0 Å². The number of carbonyl (C=O) groups is 2. The number of hydrogen-bond acceptors (Lipinski definition) is 6. The first-order valence-corrected chi connectivity index (χ1v) is 6.76. The van der Waals surface area contributed by atoms with Crippen LogP contribution in [0.5, 0.6) is 5.75 Å². The van der Waals surface area contributed by atoms with Gasteiger partial charge in [0, 0.05) is 31.9 Å². The van der Waals surface area contributed by atoms with Gasteiger partial charge in [0.2, 0.25) is 0 Å². The molecule has 6 heteroatoms. The van der Waals surface area contributed by atoms with E-state index < -0.39 is 11.9 Å². The highest BCUT2D eigenvalue weighted by Crippen LogP contribution is 2.21. The van der Waals surface area contributed by atoms with Crippen LogP contribution in [0.2, 0.25) is 0 Å². The molecule has 0 spiro atoms. The highest BCUT2D eigenvalue weighted by atomic mass is 16.5. The van der Waals surface area contributed by atoms with Crippen LogP contribution in [-0.2, 0) is 20.7 Å². The van der Waals surface area contributed by atoms with Gasteiger partial charge < -0.3 is 13.9 Å². The standard InChI is InChI=1S/C16H16O6/c1-9-13(6-7-20-10(2)17)16(19)14-5-4-12(22-11(3)18)8-15(14)21-9/h4-5,8H,6-7H2,1-3H3. The Balaban J connectivity index is 2.39. The zero-order valence-corrected chi connectivity index (χ0v) is 12.6. The number of benzene rings is 1. The van der Waals surface area contributed by atoms with E-state index in [1.807, 2.05) is 0 Å². The van der Waals surface area contributed by atoms with Crippen molar-refractivity contribution in [3.05, 3.63) is 39.7 Å². The molecule has 2 aromatic rings. The van der Waals surface area contributed by atoms with Crippen molar-refractivity contribution < 1.29 is 23.5 Å². The van der Waals surface area contributed by atoms with Crippen molar-refractivity contribution in [3.8, 4) is 5.75 Å². The molecular formula is C16H16O6. The van der Waals surface area contributed by atoms with Crippen molar-refractivity contribution in [3.63, 3.8) is 0 Å². The Morgan fingerprint density at radius 1 is 1.18 bits per heavy atom. The fourth-order valence-electron chi connectivity index (χ4n) is 2.14. The first-order valence-electron chi connectivity index (χ1n) is 6.76. The van der Waals surface area contributed by atoms with Crippen LogP contribution in [0, 0.1) is 6.92 Å². The van der Waals surface area contributed by atoms with E-state index in [1.54, 1.807) is 13.0 Å². The molecule has 0 N–H and O–H groups in total. The quantitative estimate of drug-likeness (QED) is 0.635. The van der Waals surface area contributed by atoms with E-state index in [4.69, 9.17) is 13.9 Å². The van der Waals surface area contributed by atoms with Crippen LogP contribution in [0.4, 0.5) is 0 Å². The minimum Gasteiger partial charge on any atom is -0.466 e. The van der Waals surface area contributed by atoms with Crippen LogP contribution in [0.1, 0.15) is 25.2 Å². The molecule has 1 aromatic heterocycles. The lowest BCUT2D eigenvalue weighted by Crippen LogP contribution is -2.15. The Kier molecular flexibility index (Phi) is 4.60. The van der Waals surface area contributed by atoms with Crippen molar-refractivity contribution in [2.45, 2.75) is 27.2 Å². The van der Waals surface area contributed by atoms with Crippen LogP contribution < -0.4 is 10.2 Å². The van der Waals surface area contributed by atoms with Crippen LogP contribution >= 0.6 is 0 Å². The highest BCUT2D eigenvalue weighted by molar-refractivity contribution is 5.80. The van der Waals surface area contributed by atoms with Crippen molar-refractivity contribution in [1.29, 1.82) is 0 Å². The minimum atomic E-state index is -0.448. The summed E-state index contributed by atoms with van der Waals surface area (Å²) in [6.07, 6.45) is 0.287. The lowest BCUT2D eigenvalue weighted by Gasteiger charge is -2.08. The molecule has 0 fully saturated rings. The van der Waals surface area contributed by atoms with Gasteiger partial charge in [-0.3, -0.25) is 14.4 Å². The van der Waals surface area contributed by atoms with Crippen molar-refractivity contribution in [2.75, 3.05) is 6.61 Å². The van der Waals surface area contributed by atoms with Gasteiger partial charge in [-0.2, -0.15) is 0 Å². The van der Waals surface area contributed by atoms with Gasteiger partial charge in [-0.15, -0.1) is 0 Å². The largest absolute Gasteiger partial charge is 0.466 e. The van der Waals surface area contributed by atoms with Gasteiger partial charge in [0.05, 0.1) is 12.0 Å². The summed E-state index contributed by atoms with van der Waals surface area (Å²) < 4.78 is 15.4. The maximum atomic E-state index is 12.5. The Morgan fingerprint density at radius 2 is 1.91 bits per heavy atom. The first-order chi connectivity index (χ1) is 10.4. The number of carbonyl (C=O) groups excluding carboxylic acids is 2. The minimum absolute atomic E-state index is 0.123. The van der Waals surface area contributed by atoms with Crippen LogP contribution in [0.25, 0.3) is 11.0 Å². The lowest BCUT2D eigenvalue weighted by atomic mass is 10.1. The molecule has 116 valence electrons. The predicted molar refractivity (Wildman–Crippen MR) is 78.9 cm³/mol. The summed E-state index contributed by atoms with van der Waals surface area (Å²) in [5.74, 6) is -0.0786. The van der Waals surface area contributed by atoms with E-state index in [9.17, 15) is 14.4 Å². The second kappa shape index (κ2) is 6.43. The molecule has 0 unspecified atom stereocenters. The third-order valence-electron chi connectivity index (χ3n) is 3.08. The molecule has 0 radical (unpaired) electrons. The van der Waals surface area contributed by atoms with Gasteiger partial charge in [0.25, 0.3) is 0 Å². The van der Waals surface area contributed by atoms with Crippen molar-refractivity contribution in [2.24, 2.45) is 0 Å². The normalized spacial score (nSPS) is 10.5. The zero-order valence-electron chi connectivity index (χ0n) is 12.6. The molecule has 22 heavy (non-hydrogen) atoms. The molecule has 0 saturated carbocycles. The van der Waals surface area contributed by atoms with Gasteiger partial charge in [-0.05, 0) is 19.1 Å². The molecule has 0 bridgehead atoms. The van der Waals surface area contributed by atoms with E-state index in [-0.39, 0.29) is 18.5 Å². The third kappa shape index (κ3) is 3.52. The highest BCUT2D eigenvalue weighted by Gasteiger charge is 2.13. The summed E-state index contributed by atoms with van der Waals surface area (Å²) >= 11 is 0. The topological polar surface area (TPSA) is 82.8 Å². The fraction of sp³-hybridized carbons (Fsp3) is 0.312. The summed E-state index contributed by atoms with van der Waals surface area (Å²) in [5.41, 5.74) is 0.631. The van der Waals surface area contributed by atoms with E-state index in [2.05, 4.69) is 0 Å². The van der Waals surface area contributed by atoms with E-state index in [1.165, 1.54) is 26.0 Å². The Hall–Kier alpha value is -2.63.